The Morgan fingerprint density at radius 1 is 1.44 bits per heavy atom. The van der Waals surface area contributed by atoms with Crippen molar-refractivity contribution in [2.45, 2.75) is 45.2 Å². The third-order valence-electron chi connectivity index (χ3n) is 4.17. The van der Waals surface area contributed by atoms with E-state index in [1.165, 1.54) is 19.3 Å². The fourth-order valence-corrected chi connectivity index (χ4v) is 3.27. The highest BCUT2D eigenvalue weighted by molar-refractivity contribution is 6.18. The van der Waals surface area contributed by atoms with Gasteiger partial charge in [-0.05, 0) is 17.6 Å². The Morgan fingerprint density at radius 3 is 2.68 bits per heavy atom. The molecule has 2 aliphatic rings. The van der Waals surface area contributed by atoms with E-state index >= 15 is 0 Å². The Balaban J connectivity index is 2.20. The SMILES string of the molecule is CC(=O)OC1OC=C(COC(=O)CC(C)C)C2=CC(O)C(O)(CCl)C21. The standard InChI is InChI=1S/C17H23ClO7/c1-9(2)4-14(21)23-6-11-7-24-16(25-10(3)19)15-12(11)5-13(20)17(15,22)8-18/h5,7,9,13,15-16,20,22H,4,6,8H2,1-3H3. The molecule has 0 saturated carbocycles. The highest BCUT2D eigenvalue weighted by atomic mass is 35.5. The van der Waals surface area contributed by atoms with Gasteiger partial charge in [0.2, 0.25) is 0 Å². The molecule has 1 heterocycles. The third-order valence-corrected chi connectivity index (χ3v) is 4.60. The van der Waals surface area contributed by atoms with Gasteiger partial charge in [-0.2, -0.15) is 0 Å². The maximum Gasteiger partial charge on any atom is 0.306 e. The van der Waals surface area contributed by atoms with Crippen LogP contribution in [0.2, 0.25) is 0 Å². The van der Waals surface area contributed by atoms with Crippen LogP contribution in [0.5, 0.6) is 0 Å². The maximum atomic E-state index is 11.7. The number of esters is 2. The number of carbonyl (C=O) groups is 2. The summed E-state index contributed by atoms with van der Waals surface area (Å²) in [6.45, 7) is 4.94. The van der Waals surface area contributed by atoms with E-state index in [2.05, 4.69) is 0 Å². The Kier molecular flexibility index (Phi) is 6.13. The molecule has 4 unspecified atom stereocenters. The molecule has 0 spiro atoms. The lowest BCUT2D eigenvalue weighted by molar-refractivity contribution is -0.196. The van der Waals surface area contributed by atoms with E-state index in [0.717, 1.165) is 0 Å². The van der Waals surface area contributed by atoms with Crippen LogP contribution >= 0.6 is 11.6 Å². The van der Waals surface area contributed by atoms with Crippen LogP contribution in [0, 0.1) is 11.8 Å². The zero-order valence-electron chi connectivity index (χ0n) is 14.4. The van der Waals surface area contributed by atoms with Crippen LogP contribution in [-0.4, -0.2) is 52.6 Å². The fourth-order valence-electron chi connectivity index (χ4n) is 2.95. The van der Waals surface area contributed by atoms with Crippen LogP contribution in [0.3, 0.4) is 0 Å². The van der Waals surface area contributed by atoms with E-state index in [1.54, 1.807) is 0 Å². The zero-order valence-corrected chi connectivity index (χ0v) is 15.2. The molecule has 2 N–H and O–H groups in total. The van der Waals surface area contributed by atoms with Gasteiger partial charge in [0.25, 0.3) is 6.29 Å². The second kappa shape index (κ2) is 7.76. The number of alkyl halides is 1. The third kappa shape index (κ3) is 4.16. The molecule has 0 fully saturated rings. The van der Waals surface area contributed by atoms with Gasteiger partial charge in [0.15, 0.2) is 0 Å². The Hall–Kier alpha value is -1.57. The van der Waals surface area contributed by atoms with Crippen LogP contribution in [-0.2, 0) is 23.8 Å². The number of ether oxygens (including phenoxy) is 3. The molecule has 0 bridgehead atoms. The Morgan fingerprint density at radius 2 is 2.12 bits per heavy atom. The summed E-state index contributed by atoms with van der Waals surface area (Å²) in [6, 6.07) is 0. The lowest BCUT2D eigenvalue weighted by atomic mass is 9.83. The van der Waals surface area contributed by atoms with E-state index in [4.69, 9.17) is 25.8 Å². The van der Waals surface area contributed by atoms with Gasteiger partial charge in [-0.25, -0.2) is 0 Å². The molecule has 0 amide bonds. The maximum absolute atomic E-state index is 11.7. The van der Waals surface area contributed by atoms with Crippen molar-refractivity contribution in [2.75, 3.05) is 12.5 Å². The van der Waals surface area contributed by atoms with Crippen molar-refractivity contribution in [3.05, 3.63) is 23.5 Å². The van der Waals surface area contributed by atoms with Gasteiger partial charge in [-0.15, -0.1) is 11.6 Å². The van der Waals surface area contributed by atoms with Crippen LogP contribution in [0.1, 0.15) is 27.2 Å². The van der Waals surface area contributed by atoms with Gasteiger partial charge >= 0.3 is 11.9 Å². The lowest BCUT2D eigenvalue weighted by Gasteiger charge is -2.38. The molecule has 7 nitrogen and oxygen atoms in total. The molecule has 1 aliphatic carbocycles. The van der Waals surface area contributed by atoms with E-state index in [9.17, 15) is 19.8 Å². The van der Waals surface area contributed by atoms with Gasteiger partial charge in [0, 0.05) is 18.9 Å². The topological polar surface area (TPSA) is 102 Å². The van der Waals surface area contributed by atoms with Crippen molar-refractivity contribution in [3.63, 3.8) is 0 Å². The van der Waals surface area contributed by atoms with Crippen LogP contribution in [0.4, 0.5) is 0 Å². The van der Waals surface area contributed by atoms with Crippen LogP contribution < -0.4 is 0 Å². The van der Waals surface area contributed by atoms with Crippen molar-refractivity contribution in [1.82, 2.24) is 0 Å². The van der Waals surface area contributed by atoms with Gasteiger partial charge < -0.3 is 24.4 Å². The predicted molar refractivity (Wildman–Crippen MR) is 88.4 cm³/mol. The molecule has 2 rings (SSSR count). The van der Waals surface area contributed by atoms with E-state index in [0.29, 0.717) is 11.1 Å². The number of hydrogen-bond acceptors (Lipinski definition) is 7. The van der Waals surface area contributed by atoms with Gasteiger partial charge in [0.05, 0.1) is 18.1 Å². The first-order chi connectivity index (χ1) is 11.7. The average Bonchev–Trinajstić information content (AvgIpc) is 2.78. The number of halogens is 1. The summed E-state index contributed by atoms with van der Waals surface area (Å²) in [5.74, 6) is -1.96. The number of aliphatic hydroxyl groups is 2. The normalized spacial score (nSPS) is 30.9. The molecule has 0 aromatic heterocycles. The first-order valence-corrected chi connectivity index (χ1v) is 8.58. The summed E-state index contributed by atoms with van der Waals surface area (Å²) in [5.41, 5.74) is -0.783. The molecule has 1 aliphatic heterocycles. The molecule has 0 saturated heterocycles. The number of rotatable bonds is 6. The first kappa shape index (κ1) is 19.8. The number of hydrogen-bond donors (Lipinski definition) is 2. The first-order valence-electron chi connectivity index (χ1n) is 8.04. The zero-order chi connectivity index (χ0) is 18.8. The number of fused-ring (bicyclic) bond motifs is 1. The Bertz CT molecular complexity index is 598. The minimum atomic E-state index is -1.75. The average molecular weight is 375 g/mol. The molecule has 8 heteroatoms. The van der Waals surface area contributed by atoms with Crippen LogP contribution in [0.15, 0.2) is 23.5 Å². The number of aliphatic hydroxyl groups excluding tert-OH is 1. The monoisotopic (exact) mass is 374 g/mol. The summed E-state index contributed by atoms with van der Waals surface area (Å²) >= 11 is 5.85. The quantitative estimate of drug-likeness (QED) is 0.533. The molecular formula is C17H23ClO7. The van der Waals surface area contributed by atoms with E-state index in [-0.39, 0.29) is 30.8 Å². The summed E-state index contributed by atoms with van der Waals surface area (Å²) in [6.07, 6.45) is 0.625. The molecule has 140 valence electrons. The summed E-state index contributed by atoms with van der Waals surface area (Å²) < 4.78 is 15.7. The molecule has 0 aromatic carbocycles. The minimum Gasteiger partial charge on any atom is -0.461 e. The highest BCUT2D eigenvalue weighted by Gasteiger charge is 2.56. The van der Waals surface area contributed by atoms with Gasteiger partial charge in [0.1, 0.15) is 18.3 Å². The largest absolute Gasteiger partial charge is 0.461 e. The predicted octanol–water partition coefficient (Wildman–Crippen LogP) is 1.27. The van der Waals surface area contributed by atoms with Crippen molar-refractivity contribution >= 4 is 23.5 Å². The second-order valence-electron chi connectivity index (χ2n) is 6.69. The lowest BCUT2D eigenvalue weighted by Crippen LogP contribution is -2.52. The summed E-state index contributed by atoms with van der Waals surface area (Å²) in [7, 11) is 0. The van der Waals surface area contributed by atoms with E-state index < -0.39 is 29.9 Å². The molecule has 4 atom stereocenters. The summed E-state index contributed by atoms with van der Waals surface area (Å²) in [5, 5.41) is 20.9. The van der Waals surface area contributed by atoms with Crippen molar-refractivity contribution in [3.8, 4) is 0 Å². The van der Waals surface area contributed by atoms with Gasteiger partial charge in [-0.1, -0.05) is 13.8 Å². The molecule has 25 heavy (non-hydrogen) atoms. The minimum absolute atomic E-state index is 0.0776. The highest BCUT2D eigenvalue weighted by Crippen LogP contribution is 2.46. The smallest absolute Gasteiger partial charge is 0.306 e. The Labute approximate surface area is 151 Å². The number of carbonyl (C=O) groups excluding carboxylic acids is 2. The summed E-state index contributed by atoms with van der Waals surface area (Å²) in [4.78, 5) is 23.0. The molecule has 0 radical (unpaired) electrons. The van der Waals surface area contributed by atoms with Gasteiger partial charge in [-0.3, -0.25) is 9.59 Å². The van der Waals surface area contributed by atoms with Crippen molar-refractivity contribution in [2.24, 2.45) is 11.8 Å². The van der Waals surface area contributed by atoms with E-state index in [1.807, 2.05) is 13.8 Å². The van der Waals surface area contributed by atoms with Crippen molar-refractivity contribution < 1.29 is 34.0 Å². The molecular weight excluding hydrogens is 352 g/mol. The molecule has 0 aromatic rings. The second-order valence-corrected chi connectivity index (χ2v) is 6.95. The fraction of sp³-hybridized carbons (Fsp3) is 0.647. The van der Waals surface area contributed by atoms with Crippen LogP contribution in [0.25, 0.3) is 0 Å². The van der Waals surface area contributed by atoms with Crippen molar-refractivity contribution in [1.29, 1.82) is 0 Å².